The van der Waals surface area contributed by atoms with Gasteiger partial charge in [-0.15, -0.1) is 0 Å². The number of halogens is 1. The van der Waals surface area contributed by atoms with Gasteiger partial charge in [-0.1, -0.05) is 0 Å². The second-order valence-corrected chi connectivity index (χ2v) is 5.06. The number of rotatable bonds is 3. The van der Waals surface area contributed by atoms with Crippen molar-refractivity contribution in [3.05, 3.63) is 0 Å². The average Bonchev–Trinajstić information content (AvgIpc) is 2.92. The number of nitrogens with one attached hydrogen (secondary N) is 1. The van der Waals surface area contributed by atoms with Gasteiger partial charge < -0.3 is 15.3 Å². The molecule has 0 aromatic carbocycles. The molecule has 108 valence electrons. The van der Waals surface area contributed by atoms with Crippen molar-refractivity contribution in [2.45, 2.75) is 37.5 Å². The predicted molar refractivity (Wildman–Crippen MR) is 62.9 cm³/mol. The Morgan fingerprint density at radius 3 is 2.80 bits per heavy atom. The highest BCUT2D eigenvalue weighted by Crippen LogP contribution is 2.25. The number of carbonyl (C=O) groups excluding carboxylic acids is 2. The number of aliphatic carboxylic acids is 1. The van der Waals surface area contributed by atoms with Gasteiger partial charge >= 0.3 is 5.97 Å². The summed E-state index contributed by atoms with van der Waals surface area (Å²) in [6.45, 7) is -0.160. The van der Waals surface area contributed by atoms with Crippen LogP contribution in [0.15, 0.2) is 0 Å². The number of carbonyl (C=O) groups is 3. The summed E-state index contributed by atoms with van der Waals surface area (Å²) in [6, 6.07) is 0.168. The van der Waals surface area contributed by atoms with Crippen LogP contribution in [-0.4, -0.2) is 52.6 Å². The molecule has 2 aliphatic heterocycles. The van der Waals surface area contributed by atoms with Crippen molar-refractivity contribution in [2.75, 3.05) is 6.54 Å². The summed E-state index contributed by atoms with van der Waals surface area (Å²) in [7, 11) is 0. The molecular formula is C12H14FN3O4. The number of carboxylic acids is 1. The molecule has 2 heterocycles. The van der Waals surface area contributed by atoms with Crippen molar-refractivity contribution < 1.29 is 23.9 Å². The van der Waals surface area contributed by atoms with Crippen molar-refractivity contribution in [3.8, 4) is 6.07 Å². The van der Waals surface area contributed by atoms with Crippen molar-refractivity contribution in [1.82, 2.24) is 10.2 Å². The smallest absolute Gasteiger partial charge is 0.304 e. The van der Waals surface area contributed by atoms with E-state index in [1.807, 2.05) is 6.07 Å². The van der Waals surface area contributed by atoms with Crippen molar-refractivity contribution >= 4 is 17.8 Å². The van der Waals surface area contributed by atoms with Crippen LogP contribution in [0, 0.1) is 17.2 Å². The molecule has 0 saturated carbocycles. The van der Waals surface area contributed by atoms with Crippen LogP contribution in [0.2, 0.25) is 0 Å². The molecule has 2 saturated heterocycles. The van der Waals surface area contributed by atoms with E-state index < -0.39 is 42.0 Å². The number of amides is 2. The van der Waals surface area contributed by atoms with E-state index in [1.165, 1.54) is 0 Å². The average molecular weight is 283 g/mol. The van der Waals surface area contributed by atoms with E-state index >= 15 is 0 Å². The third-order valence-corrected chi connectivity index (χ3v) is 3.61. The topological polar surface area (TPSA) is 110 Å². The van der Waals surface area contributed by atoms with Gasteiger partial charge in [0.1, 0.15) is 18.3 Å². The third kappa shape index (κ3) is 2.71. The molecule has 7 nitrogen and oxygen atoms in total. The summed E-state index contributed by atoms with van der Waals surface area (Å²) in [4.78, 5) is 35.5. The molecule has 8 heteroatoms. The van der Waals surface area contributed by atoms with Gasteiger partial charge in [-0.05, 0) is 6.42 Å². The highest BCUT2D eigenvalue weighted by atomic mass is 19.1. The van der Waals surface area contributed by atoms with E-state index in [0.29, 0.717) is 0 Å². The Morgan fingerprint density at radius 1 is 1.50 bits per heavy atom. The lowest BCUT2D eigenvalue weighted by molar-refractivity contribution is -0.140. The van der Waals surface area contributed by atoms with Gasteiger partial charge in [0, 0.05) is 6.42 Å². The number of hydrogen-bond acceptors (Lipinski definition) is 4. The molecule has 2 rings (SSSR count). The fourth-order valence-electron chi connectivity index (χ4n) is 2.64. The minimum Gasteiger partial charge on any atom is -0.481 e. The van der Waals surface area contributed by atoms with Crippen LogP contribution in [0.5, 0.6) is 0 Å². The normalized spacial score (nSPS) is 32.8. The minimum absolute atomic E-state index is 0.0263. The summed E-state index contributed by atoms with van der Waals surface area (Å²) in [6.07, 6.45) is -1.55. The molecule has 2 aliphatic rings. The maximum absolute atomic E-state index is 13.3. The lowest BCUT2D eigenvalue weighted by atomic mass is 10.0. The zero-order chi connectivity index (χ0) is 14.9. The number of alkyl halides is 1. The Labute approximate surface area is 114 Å². The first-order valence-corrected chi connectivity index (χ1v) is 6.28. The largest absolute Gasteiger partial charge is 0.481 e. The first-order chi connectivity index (χ1) is 9.42. The quantitative estimate of drug-likeness (QED) is 0.720. The van der Waals surface area contributed by atoms with E-state index in [-0.39, 0.29) is 25.8 Å². The fourth-order valence-corrected chi connectivity index (χ4v) is 2.64. The fraction of sp³-hybridized carbons (Fsp3) is 0.667. The van der Waals surface area contributed by atoms with Gasteiger partial charge in [-0.25, -0.2) is 4.39 Å². The molecule has 2 N–H and O–H groups in total. The van der Waals surface area contributed by atoms with Crippen molar-refractivity contribution in [1.29, 1.82) is 5.26 Å². The lowest BCUT2D eigenvalue weighted by Gasteiger charge is -2.22. The van der Waals surface area contributed by atoms with Gasteiger partial charge in [0.15, 0.2) is 0 Å². The number of nitriles is 1. The number of nitrogens with zero attached hydrogens (tertiary/aromatic N) is 2. The molecule has 4 atom stereocenters. The maximum Gasteiger partial charge on any atom is 0.304 e. The lowest BCUT2D eigenvalue weighted by Crippen LogP contribution is -2.46. The molecule has 0 unspecified atom stereocenters. The molecule has 0 aromatic heterocycles. The molecular weight excluding hydrogens is 269 g/mol. The molecule has 0 radical (unpaired) electrons. The number of carboxylic acid groups (broad SMARTS) is 1. The molecule has 2 fully saturated rings. The Kier molecular flexibility index (Phi) is 3.88. The van der Waals surface area contributed by atoms with E-state index in [4.69, 9.17) is 10.4 Å². The zero-order valence-corrected chi connectivity index (χ0v) is 10.6. The monoisotopic (exact) mass is 283 g/mol. The number of hydrogen-bond donors (Lipinski definition) is 2. The van der Waals surface area contributed by atoms with Crippen LogP contribution in [-0.2, 0) is 14.4 Å². The summed E-state index contributed by atoms with van der Waals surface area (Å²) in [5, 5.41) is 20.0. The Bertz CT molecular complexity index is 490. The van der Waals surface area contributed by atoms with Crippen LogP contribution >= 0.6 is 0 Å². The van der Waals surface area contributed by atoms with Crippen molar-refractivity contribution in [3.63, 3.8) is 0 Å². The second kappa shape index (κ2) is 5.45. The second-order valence-electron chi connectivity index (χ2n) is 5.06. The zero-order valence-electron chi connectivity index (χ0n) is 10.6. The Balaban J connectivity index is 2.02. The first-order valence-electron chi connectivity index (χ1n) is 6.28. The van der Waals surface area contributed by atoms with Gasteiger partial charge in [0.25, 0.3) is 0 Å². The highest BCUT2D eigenvalue weighted by molar-refractivity contribution is 5.93. The number of likely N-dealkylation sites (tertiary alicyclic amines) is 1. The molecule has 0 bridgehead atoms. The molecule has 0 aliphatic carbocycles. The van der Waals surface area contributed by atoms with E-state index in [2.05, 4.69) is 5.32 Å². The Morgan fingerprint density at radius 2 is 2.20 bits per heavy atom. The van der Waals surface area contributed by atoms with Crippen LogP contribution in [0.1, 0.15) is 19.3 Å². The van der Waals surface area contributed by atoms with Crippen LogP contribution in [0.25, 0.3) is 0 Å². The van der Waals surface area contributed by atoms with Gasteiger partial charge in [0.05, 0.1) is 25.0 Å². The third-order valence-electron chi connectivity index (χ3n) is 3.61. The predicted octanol–water partition coefficient (Wildman–Crippen LogP) is -0.572. The Hall–Kier alpha value is -2.17. The molecule has 0 spiro atoms. The summed E-state index contributed by atoms with van der Waals surface area (Å²) < 4.78 is 13.3. The van der Waals surface area contributed by atoms with Crippen LogP contribution in [0.3, 0.4) is 0 Å². The van der Waals surface area contributed by atoms with Crippen LogP contribution < -0.4 is 5.32 Å². The van der Waals surface area contributed by atoms with E-state index in [1.54, 1.807) is 0 Å². The molecule has 0 aromatic rings. The molecule has 20 heavy (non-hydrogen) atoms. The SMILES string of the molecule is N#C[C@@H]1C[C@H](F)CN1C(=O)[C@@H]1C[C@@H](CC(=O)O)C(=O)N1. The maximum atomic E-state index is 13.3. The summed E-state index contributed by atoms with van der Waals surface area (Å²) >= 11 is 0. The van der Waals surface area contributed by atoms with Gasteiger partial charge in [-0.2, -0.15) is 5.26 Å². The van der Waals surface area contributed by atoms with E-state index in [0.717, 1.165) is 4.90 Å². The van der Waals surface area contributed by atoms with Gasteiger partial charge in [-0.3, -0.25) is 14.4 Å². The molecule has 2 amide bonds. The van der Waals surface area contributed by atoms with Gasteiger partial charge in [0.2, 0.25) is 11.8 Å². The van der Waals surface area contributed by atoms with E-state index in [9.17, 15) is 18.8 Å². The van der Waals surface area contributed by atoms with Crippen molar-refractivity contribution in [2.24, 2.45) is 5.92 Å². The summed E-state index contributed by atoms with van der Waals surface area (Å²) in [5.41, 5.74) is 0. The van der Waals surface area contributed by atoms with Crippen LogP contribution in [0.4, 0.5) is 4.39 Å². The first kappa shape index (κ1) is 14.2. The minimum atomic E-state index is -1.24. The summed E-state index contributed by atoms with van der Waals surface area (Å²) in [5.74, 6) is -2.88. The standard InChI is InChI=1S/C12H14FN3O4/c13-7-3-8(4-14)16(5-7)12(20)9-1-6(2-10(17)18)11(19)15-9/h6-9H,1-3,5H2,(H,15,19)(H,17,18)/t6-,7-,8-,9-/m0/s1. The highest BCUT2D eigenvalue weighted by Gasteiger charge is 2.43.